The van der Waals surface area contributed by atoms with Crippen molar-refractivity contribution in [3.05, 3.63) is 18.5 Å². The van der Waals surface area contributed by atoms with Gasteiger partial charge in [0, 0.05) is 18.1 Å². The Labute approximate surface area is 102 Å². The Morgan fingerprint density at radius 2 is 2.12 bits per heavy atom. The predicted molar refractivity (Wildman–Crippen MR) is 63.6 cm³/mol. The normalized spacial score (nSPS) is 11.8. The predicted octanol–water partition coefficient (Wildman–Crippen LogP) is -0.440. The quantitative estimate of drug-likeness (QED) is 0.631. The van der Waals surface area contributed by atoms with Gasteiger partial charge in [0.1, 0.15) is 6.04 Å². The molecule has 17 heavy (non-hydrogen) atoms. The van der Waals surface area contributed by atoms with Gasteiger partial charge in [-0.3, -0.25) is 14.9 Å². The van der Waals surface area contributed by atoms with Crippen LogP contribution in [0.3, 0.4) is 0 Å². The molecular formula is C9H12N4O3S. The smallest absolute Gasteiger partial charge is 0.321 e. The summed E-state index contributed by atoms with van der Waals surface area (Å²) in [4.78, 5) is 29.4. The molecule has 1 heterocycles. The Morgan fingerprint density at radius 1 is 1.47 bits per heavy atom. The molecule has 1 unspecified atom stereocenters. The number of rotatable bonds is 6. The minimum absolute atomic E-state index is 0.110. The first-order valence-corrected chi connectivity index (χ1v) is 5.88. The fourth-order valence-corrected chi connectivity index (χ4v) is 1.65. The fraction of sp³-hybridized carbons (Fsp3) is 0.333. The number of hydrogen-bond acceptors (Lipinski definition) is 6. The lowest BCUT2D eigenvalue weighted by atomic mass is 10.4. The van der Waals surface area contributed by atoms with E-state index in [1.54, 1.807) is 6.07 Å². The van der Waals surface area contributed by atoms with Crippen LogP contribution in [0.1, 0.15) is 0 Å². The molecule has 4 N–H and O–H groups in total. The molecule has 0 fully saturated rings. The van der Waals surface area contributed by atoms with Gasteiger partial charge in [0.25, 0.3) is 0 Å². The zero-order valence-electron chi connectivity index (χ0n) is 8.87. The highest BCUT2D eigenvalue weighted by Gasteiger charge is 2.12. The summed E-state index contributed by atoms with van der Waals surface area (Å²) < 4.78 is 0. The molecule has 0 aliphatic rings. The van der Waals surface area contributed by atoms with E-state index in [1.165, 1.54) is 12.4 Å². The molecule has 0 spiro atoms. The standard InChI is InChI=1S/C9H12N4O3S/c10-6(8(15)16)4-17-5-7(14)13-9-11-2-1-3-12-9/h1-3,6H,4-5,10H2,(H,15,16)(H,11,12,13,14). The number of hydrogen-bond donors (Lipinski definition) is 3. The molecule has 1 aromatic heterocycles. The molecule has 0 saturated carbocycles. The SMILES string of the molecule is NC(CSCC(=O)Nc1ncccn1)C(=O)O. The zero-order valence-corrected chi connectivity index (χ0v) is 9.68. The molecule has 0 bridgehead atoms. The Morgan fingerprint density at radius 3 is 2.71 bits per heavy atom. The average molecular weight is 256 g/mol. The zero-order chi connectivity index (χ0) is 12.7. The summed E-state index contributed by atoms with van der Waals surface area (Å²) >= 11 is 1.14. The molecule has 1 rings (SSSR count). The second-order valence-corrected chi connectivity index (χ2v) is 4.11. The molecule has 0 aliphatic heterocycles. The summed E-state index contributed by atoms with van der Waals surface area (Å²) in [7, 11) is 0. The van der Waals surface area contributed by atoms with Gasteiger partial charge in [0.05, 0.1) is 5.75 Å². The van der Waals surface area contributed by atoms with Gasteiger partial charge in [-0.15, -0.1) is 11.8 Å². The third-order valence-corrected chi connectivity index (χ3v) is 2.73. The van der Waals surface area contributed by atoms with Crippen LogP contribution in [-0.2, 0) is 9.59 Å². The van der Waals surface area contributed by atoms with E-state index < -0.39 is 12.0 Å². The van der Waals surface area contributed by atoms with Crippen molar-refractivity contribution in [2.75, 3.05) is 16.8 Å². The maximum atomic E-state index is 11.4. The number of aromatic nitrogens is 2. The Kier molecular flexibility index (Phi) is 5.37. The number of aliphatic carboxylic acids is 1. The third kappa shape index (κ3) is 5.27. The van der Waals surface area contributed by atoms with Crippen LogP contribution in [0, 0.1) is 0 Å². The topological polar surface area (TPSA) is 118 Å². The summed E-state index contributed by atoms with van der Waals surface area (Å²) in [6, 6.07) is 0.678. The molecule has 0 radical (unpaired) electrons. The van der Waals surface area contributed by atoms with Gasteiger partial charge < -0.3 is 10.8 Å². The van der Waals surface area contributed by atoms with E-state index >= 15 is 0 Å². The van der Waals surface area contributed by atoms with Crippen LogP contribution >= 0.6 is 11.8 Å². The van der Waals surface area contributed by atoms with Crippen LogP contribution in [-0.4, -0.2) is 44.5 Å². The van der Waals surface area contributed by atoms with Crippen molar-refractivity contribution >= 4 is 29.6 Å². The van der Waals surface area contributed by atoms with Crippen LogP contribution in [0.2, 0.25) is 0 Å². The maximum Gasteiger partial charge on any atom is 0.321 e. The molecule has 0 saturated heterocycles. The summed E-state index contributed by atoms with van der Waals surface area (Å²) in [5.74, 6) is -0.860. The van der Waals surface area contributed by atoms with Crippen LogP contribution in [0.5, 0.6) is 0 Å². The average Bonchev–Trinajstić information content (AvgIpc) is 2.30. The molecule has 7 nitrogen and oxygen atoms in total. The highest BCUT2D eigenvalue weighted by atomic mass is 32.2. The van der Waals surface area contributed by atoms with Crippen molar-refractivity contribution < 1.29 is 14.7 Å². The van der Waals surface area contributed by atoms with Crippen molar-refractivity contribution in [2.45, 2.75) is 6.04 Å². The van der Waals surface area contributed by atoms with Gasteiger partial charge in [-0.1, -0.05) is 0 Å². The molecule has 0 aromatic carbocycles. The lowest BCUT2D eigenvalue weighted by Gasteiger charge is -2.05. The van der Waals surface area contributed by atoms with Crippen LogP contribution in [0.25, 0.3) is 0 Å². The van der Waals surface area contributed by atoms with E-state index in [0.717, 1.165) is 11.8 Å². The van der Waals surface area contributed by atoms with Crippen molar-refractivity contribution in [3.8, 4) is 0 Å². The maximum absolute atomic E-state index is 11.4. The van der Waals surface area contributed by atoms with E-state index in [1.807, 2.05) is 0 Å². The summed E-state index contributed by atoms with van der Waals surface area (Å²) in [5.41, 5.74) is 5.28. The Bertz CT molecular complexity index is 387. The highest BCUT2D eigenvalue weighted by molar-refractivity contribution is 8.00. The van der Waals surface area contributed by atoms with Gasteiger partial charge in [-0.05, 0) is 6.07 Å². The largest absolute Gasteiger partial charge is 0.480 e. The number of thioether (sulfide) groups is 1. The second-order valence-electron chi connectivity index (χ2n) is 3.08. The van der Waals surface area contributed by atoms with Crippen LogP contribution in [0.4, 0.5) is 5.95 Å². The van der Waals surface area contributed by atoms with Gasteiger partial charge >= 0.3 is 5.97 Å². The monoisotopic (exact) mass is 256 g/mol. The summed E-state index contributed by atoms with van der Waals surface area (Å²) in [6.45, 7) is 0. The van der Waals surface area contributed by atoms with Crippen molar-refractivity contribution in [1.82, 2.24) is 9.97 Å². The minimum atomic E-state index is -1.08. The second kappa shape index (κ2) is 6.81. The van der Waals surface area contributed by atoms with Crippen LogP contribution < -0.4 is 11.1 Å². The first kappa shape index (κ1) is 13.4. The van der Waals surface area contributed by atoms with Gasteiger partial charge in [0.15, 0.2) is 0 Å². The number of nitrogens with zero attached hydrogens (tertiary/aromatic N) is 2. The molecule has 1 amide bonds. The molecule has 8 heteroatoms. The number of carbonyl (C=O) groups excluding carboxylic acids is 1. The van der Waals surface area contributed by atoms with Gasteiger partial charge in [-0.2, -0.15) is 0 Å². The highest BCUT2D eigenvalue weighted by Crippen LogP contribution is 2.03. The Hall–Kier alpha value is -1.67. The van der Waals surface area contributed by atoms with E-state index in [9.17, 15) is 9.59 Å². The Balaban J connectivity index is 2.25. The van der Waals surface area contributed by atoms with E-state index in [0.29, 0.717) is 0 Å². The van der Waals surface area contributed by atoms with Crippen molar-refractivity contribution in [1.29, 1.82) is 0 Å². The fourth-order valence-electron chi connectivity index (χ4n) is 0.874. The van der Waals surface area contributed by atoms with Gasteiger partial charge in [-0.25, -0.2) is 9.97 Å². The van der Waals surface area contributed by atoms with E-state index in [4.69, 9.17) is 10.8 Å². The number of amides is 1. The number of carboxylic acids is 1. The van der Waals surface area contributed by atoms with Crippen molar-refractivity contribution in [3.63, 3.8) is 0 Å². The number of carboxylic acid groups (broad SMARTS) is 1. The first-order valence-electron chi connectivity index (χ1n) is 4.72. The number of anilines is 1. The van der Waals surface area contributed by atoms with Gasteiger partial charge in [0.2, 0.25) is 11.9 Å². The number of carbonyl (C=O) groups is 2. The van der Waals surface area contributed by atoms with Crippen LogP contribution in [0.15, 0.2) is 18.5 Å². The molecule has 0 aliphatic carbocycles. The molecule has 1 aromatic rings. The number of nitrogens with two attached hydrogens (primary N) is 1. The molecule has 1 atom stereocenters. The lowest BCUT2D eigenvalue weighted by Crippen LogP contribution is -2.33. The number of nitrogens with one attached hydrogen (secondary N) is 1. The molecular weight excluding hydrogens is 244 g/mol. The minimum Gasteiger partial charge on any atom is -0.480 e. The summed E-state index contributed by atoms with van der Waals surface area (Å²) in [6.07, 6.45) is 3.02. The molecule has 92 valence electrons. The van der Waals surface area contributed by atoms with Crippen molar-refractivity contribution in [2.24, 2.45) is 5.73 Å². The third-order valence-electron chi connectivity index (χ3n) is 1.66. The summed E-state index contributed by atoms with van der Waals surface area (Å²) in [5, 5.41) is 11.0. The van der Waals surface area contributed by atoms with E-state index in [-0.39, 0.29) is 23.4 Å². The first-order chi connectivity index (χ1) is 8.09. The lowest BCUT2D eigenvalue weighted by molar-refractivity contribution is -0.137. The van der Waals surface area contributed by atoms with E-state index in [2.05, 4.69) is 15.3 Å².